The van der Waals surface area contributed by atoms with Gasteiger partial charge in [0, 0.05) is 17.4 Å². The van der Waals surface area contributed by atoms with Crippen molar-refractivity contribution in [3.8, 4) is 11.4 Å². The molecule has 0 aromatic carbocycles. The Kier molecular flexibility index (Phi) is 2.49. The zero-order chi connectivity index (χ0) is 11.0. The molecule has 1 atom stereocenters. The third-order valence-corrected chi connectivity index (χ3v) is 3.28. The molecule has 0 N–H and O–H groups in total. The number of rotatable bonds is 2. The fourth-order valence-corrected chi connectivity index (χ4v) is 2.37. The van der Waals surface area contributed by atoms with Crippen molar-refractivity contribution in [3.05, 3.63) is 22.7 Å². The number of hydrogen-bond acceptors (Lipinski definition) is 6. The lowest BCUT2D eigenvalue weighted by Gasteiger charge is -1.98. The second kappa shape index (κ2) is 3.99. The summed E-state index contributed by atoms with van der Waals surface area (Å²) in [5, 5.41) is 11.6. The van der Waals surface area contributed by atoms with E-state index in [1.165, 1.54) is 0 Å². The lowest BCUT2D eigenvalue weighted by Crippen LogP contribution is -1.97. The van der Waals surface area contributed by atoms with Crippen molar-refractivity contribution in [1.29, 1.82) is 0 Å². The fourth-order valence-electron chi connectivity index (χ4n) is 1.36. The molecule has 5 nitrogen and oxygen atoms in total. The lowest BCUT2D eigenvalue weighted by molar-refractivity contribution is 0.0599. The monoisotopic (exact) mass is 299 g/mol. The summed E-state index contributed by atoms with van der Waals surface area (Å²) in [6, 6.07) is 1.95. The molecule has 3 heterocycles. The average molecular weight is 300 g/mol. The number of nitrogens with zero attached hydrogens (tertiary/aromatic N) is 3. The highest BCUT2D eigenvalue weighted by molar-refractivity contribution is 9.18. The fraction of sp³-hybridized carbons (Fsp3) is 0.222. The van der Waals surface area contributed by atoms with Crippen molar-refractivity contribution in [2.24, 2.45) is 5.16 Å². The molecule has 0 spiro atoms. The van der Waals surface area contributed by atoms with E-state index in [1.807, 2.05) is 16.8 Å². The second-order valence-electron chi connectivity index (χ2n) is 3.23. The number of oxime groups is 1. The van der Waals surface area contributed by atoms with Crippen LogP contribution in [0, 0.1) is 0 Å². The Bertz CT molecular complexity index is 523. The average Bonchev–Trinajstić information content (AvgIpc) is 2.97. The van der Waals surface area contributed by atoms with Gasteiger partial charge in [-0.25, -0.2) is 0 Å². The van der Waals surface area contributed by atoms with Crippen LogP contribution in [-0.2, 0) is 4.84 Å². The normalized spacial score (nSPS) is 19.6. The summed E-state index contributed by atoms with van der Waals surface area (Å²) in [6.45, 7) is 0. The molecule has 0 bridgehead atoms. The molecule has 2 aromatic rings. The van der Waals surface area contributed by atoms with Crippen LogP contribution >= 0.6 is 27.3 Å². The molecule has 0 saturated heterocycles. The first kappa shape index (κ1) is 9.98. The molecular formula is C9H6BrN3O2S. The minimum Gasteiger partial charge on any atom is -0.381 e. The van der Waals surface area contributed by atoms with E-state index in [1.54, 1.807) is 11.3 Å². The van der Waals surface area contributed by atoms with Crippen molar-refractivity contribution in [2.75, 3.05) is 0 Å². The Morgan fingerprint density at radius 2 is 2.44 bits per heavy atom. The molecule has 0 radical (unpaired) electrons. The minimum atomic E-state index is -0.269. The molecule has 1 aliphatic heterocycles. The molecule has 3 rings (SSSR count). The third kappa shape index (κ3) is 1.76. The van der Waals surface area contributed by atoms with Gasteiger partial charge in [-0.3, -0.25) is 0 Å². The molecule has 1 unspecified atom stereocenters. The molecule has 1 aliphatic rings. The predicted molar refractivity (Wildman–Crippen MR) is 62.4 cm³/mol. The van der Waals surface area contributed by atoms with E-state index in [4.69, 9.17) is 9.36 Å². The van der Waals surface area contributed by atoms with Gasteiger partial charge < -0.3 is 9.36 Å². The van der Waals surface area contributed by atoms with Crippen LogP contribution < -0.4 is 0 Å². The van der Waals surface area contributed by atoms with Gasteiger partial charge in [-0.2, -0.15) is 16.3 Å². The van der Waals surface area contributed by atoms with Gasteiger partial charge in [0.1, 0.15) is 4.62 Å². The van der Waals surface area contributed by atoms with Gasteiger partial charge >= 0.3 is 0 Å². The highest BCUT2D eigenvalue weighted by Crippen LogP contribution is 2.29. The van der Waals surface area contributed by atoms with E-state index in [0.29, 0.717) is 18.1 Å². The molecular weight excluding hydrogens is 294 g/mol. The Hall–Kier alpha value is -1.21. The van der Waals surface area contributed by atoms with Gasteiger partial charge in [0.25, 0.3) is 5.89 Å². The van der Waals surface area contributed by atoms with E-state index >= 15 is 0 Å². The van der Waals surface area contributed by atoms with Crippen LogP contribution in [0.4, 0.5) is 0 Å². The first-order chi connectivity index (χ1) is 7.83. The van der Waals surface area contributed by atoms with E-state index in [9.17, 15) is 0 Å². The van der Waals surface area contributed by atoms with Crippen LogP contribution in [0.15, 0.2) is 26.5 Å². The van der Waals surface area contributed by atoms with Crippen LogP contribution in [0.25, 0.3) is 11.4 Å². The maximum Gasteiger partial charge on any atom is 0.271 e. The quantitative estimate of drug-likeness (QED) is 0.855. The van der Waals surface area contributed by atoms with Crippen LogP contribution in [0.3, 0.4) is 0 Å². The molecule has 0 amide bonds. The zero-order valence-corrected chi connectivity index (χ0v) is 10.4. The maximum absolute atomic E-state index is 5.15. The topological polar surface area (TPSA) is 60.5 Å². The van der Waals surface area contributed by atoms with Crippen molar-refractivity contribution in [1.82, 2.24) is 10.1 Å². The van der Waals surface area contributed by atoms with Crippen molar-refractivity contribution < 1.29 is 9.36 Å². The van der Waals surface area contributed by atoms with Gasteiger partial charge in [0.2, 0.25) is 11.9 Å². The highest BCUT2D eigenvalue weighted by atomic mass is 79.9. The summed E-state index contributed by atoms with van der Waals surface area (Å²) in [6.07, 6.45) is 0.361. The summed E-state index contributed by atoms with van der Waals surface area (Å²) >= 11 is 4.85. The number of halogens is 1. The van der Waals surface area contributed by atoms with Crippen molar-refractivity contribution in [3.63, 3.8) is 0 Å². The Morgan fingerprint density at radius 3 is 3.12 bits per heavy atom. The van der Waals surface area contributed by atoms with Crippen LogP contribution in [0.5, 0.6) is 0 Å². The molecule has 7 heteroatoms. The van der Waals surface area contributed by atoms with E-state index in [-0.39, 0.29) is 6.10 Å². The SMILES string of the molecule is BrC1=NOC(c2nc(-c3ccsc3)no2)C1. The second-order valence-corrected chi connectivity index (χ2v) is 4.93. The zero-order valence-electron chi connectivity index (χ0n) is 7.96. The van der Waals surface area contributed by atoms with Crippen molar-refractivity contribution >= 4 is 31.9 Å². The molecule has 0 aliphatic carbocycles. The van der Waals surface area contributed by atoms with Crippen LogP contribution in [-0.4, -0.2) is 14.8 Å². The standard InChI is InChI=1S/C9H6BrN3O2S/c10-7-3-6(14-12-7)9-11-8(13-15-9)5-1-2-16-4-5/h1-2,4,6H,3H2. The summed E-state index contributed by atoms with van der Waals surface area (Å²) in [4.78, 5) is 9.41. The van der Waals surface area contributed by atoms with Crippen molar-refractivity contribution in [2.45, 2.75) is 12.5 Å². The Morgan fingerprint density at radius 1 is 1.50 bits per heavy atom. The smallest absolute Gasteiger partial charge is 0.271 e. The van der Waals surface area contributed by atoms with Gasteiger partial charge in [0.15, 0.2) is 0 Å². The van der Waals surface area contributed by atoms with Gasteiger partial charge in [-0.05, 0) is 27.4 Å². The maximum atomic E-state index is 5.15. The molecule has 0 fully saturated rings. The molecule has 2 aromatic heterocycles. The van der Waals surface area contributed by atoms with E-state index in [0.717, 1.165) is 10.2 Å². The number of thiophene rings is 1. The number of aromatic nitrogens is 2. The largest absolute Gasteiger partial charge is 0.381 e. The van der Waals surface area contributed by atoms with Gasteiger partial charge in [-0.15, -0.1) is 0 Å². The number of hydrogen-bond donors (Lipinski definition) is 0. The summed E-state index contributed by atoms with van der Waals surface area (Å²) in [5.41, 5.74) is 0.956. The Balaban J connectivity index is 1.84. The van der Waals surface area contributed by atoms with E-state index in [2.05, 4.69) is 31.2 Å². The third-order valence-electron chi connectivity index (χ3n) is 2.13. The van der Waals surface area contributed by atoms with Crippen LogP contribution in [0.2, 0.25) is 0 Å². The predicted octanol–water partition coefficient (Wildman–Crippen LogP) is 2.97. The molecule has 16 heavy (non-hydrogen) atoms. The first-order valence-electron chi connectivity index (χ1n) is 4.57. The Labute approximate surface area is 103 Å². The molecule has 0 saturated carbocycles. The molecule has 82 valence electrons. The van der Waals surface area contributed by atoms with Crippen LogP contribution in [0.1, 0.15) is 18.4 Å². The summed E-state index contributed by atoms with van der Waals surface area (Å²) in [5.74, 6) is 1.04. The highest BCUT2D eigenvalue weighted by Gasteiger charge is 2.27. The van der Waals surface area contributed by atoms with E-state index < -0.39 is 0 Å². The summed E-state index contributed by atoms with van der Waals surface area (Å²) in [7, 11) is 0. The minimum absolute atomic E-state index is 0.269. The first-order valence-corrected chi connectivity index (χ1v) is 6.31. The lowest BCUT2D eigenvalue weighted by atomic mass is 10.3. The van der Waals surface area contributed by atoms with Gasteiger partial charge in [-0.1, -0.05) is 10.3 Å². The van der Waals surface area contributed by atoms with Gasteiger partial charge in [0.05, 0.1) is 0 Å². The summed E-state index contributed by atoms with van der Waals surface area (Å²) < 4.78 is 5.90.